The molecule has 2 aromatic carbocycles. The van der Waals surface area contributed by atoms with Gasteiger partial charge in [-0.25, -0.2) is 14.3 Å². The zero-order chi connectivity index (χ0) is 19.1. The number of nitrogens with zero attached hydrogens (tertiary/aromatic N) is 4. The van der Waals surface area contributed by atoms with Crippen LogP contribution in [0.3, 0.4) is 0 Å². The molecule has 1 aromatic heterocycles. The number of nitrogens with one attached hydrogen (secondary N) is 1. The molecule has 1 heterocycles. The first-order valence-corrected chi connectivity index (χ1v) is 9.64. The van der Waals surface area contributed by atoms with Gasteiger partial charge in [-0.3, -0.25) is 10.2 Å². The third kappa shape index (κ3) is 5.60. The quantitative estimate of drug-likeness (QED) is 0.370. The van der Waals surface area contributed by atoms with E-state index in [-0.39, 0.29) is 5.91 Å². The van der Waals surface area contributed by atoms with Crippen LogP contribution in [-0.4, -0.2) is 14.9 Å². The van der Waals surface area contributed by atoms with Gasteiger partial charge in [-0.05, 0) is 29.6 Å². The predicted octanol–water partition coefficient (Wildman–Crippen LogP) is 2.89. The van der Waals surface area contributed by atoms with Gasteiger partial charge in [-0.1, -0.05) is 48.5 Å². The van der Waals surface area contributed by atoms with Crippen molar-refractivity contribution in [1.29, 1.82) is 0 Å². The van der Waals surface area contributed by atoms with Gasteiger partial charge >= 0.3 is 0 Å². The van der Waals surface area contributed by atoms with E-state index in [2.05, 4.69) is 22.1 Å². The first-order chi connectivity index (χ1) is 13.1. The highest BCUT2D eigenvalue weighted by atomic mass is 32.2. The van der Waals surface area contributed by atoms with Crippen LogP contribution in [-0.2, 0) is 24.3 Å². The molecular formula is C20H24N5OS+. The fourth-order valence-corrected chi connectivity index (χ4v) is 3.53. The summed E-state index contributed by atoms with van der Waals surface area (Å²) in [5.74, 6) is 0.666. The molecule has 1 N–H and O–H groups in total. The zero-order valence-electron chi connectivity index (χ0n) is 15.5. The molecule has 27 heavy (non-hydrogen) atoms. The topological polar surface area (TPSA) is 44.4 Å². The second-order valence-electron chi connectivity index (χ2n) is 6.16. The minimum absolute atomic E-state index is 0.123. The smallest absolute Gasteiger partial charge is 0.244 e. The van der Waals surface area contributed by atoms with Gasteiger partial charge in [0.15, 0.2) is 6.67 Å². The first kappa shape index (κ1) is 19.0. The third-order valence-electron chi connectivity index (χ3n) is 3.82. The molecule has 0 bridgehead atoms. The number of benzene rings is 2. The summed E-state index contributed by atoms with van der Waals surface area (Å²) in [6.45, 7) is 2.10. The molecule has 3 rings (SSSR count). The Morgan fingerprint density at radius 2 is 1.78 bits per heavy atom. The number of carbonyl (C=O) groups is 1. The van der Waals surface area contributed by atoms with E-state index < -0.39 is 0 Å². The van der Waals surface area contributed by atoms with Crippen molar-refractivity contribution < 1.29 is 9.36 Å². The normalized spacial score (nSPS) is 10.8. The van der Waals surface area contributed by atoms with Gasteiger partial charge in [-0.15, -0.1) is 4.41 Å². The van der Waals surface area contributed by atoms with E-state index in [9.17, 15) is 4.79 Å². The molecule has 0 atom stereocenters. The summed E-state index contributed by atoms with van der Waals surface area (Å²) in [5, 5.41) is 1.80. The van der Waals surface area contributed by atoms with Crippen molar-refractivity contribution in [2.75, 3.05) is 5.12 Å². The van der Waals surface area contributed by atoms with Gasteiger partial charge in [0, 0.05) is 12.7 Å². The number of aryl methyl sites for hydroxylation is 1. The molecule has 6 nitrogen and oxygen atoms in total. The monoisotopic (exact) mass is 382 g/mol. The van der Waals surface area contributed by atoms with Gasteiger partial charge in [0.2, 0.25) is 12.2 Å². The second-order valence-corrected chi connectivity index (χ2v) is 7.13. The van der Waals surface area contributed by atoms with E-state index in [0.29, 0.717) is 6.67 Å². The summed E-state index contributed by atoms with van der Waals surface area (Å²) in [5.41, 5.74) is 5.06. The van der Waals surface area contributed by atoms with E-state index >= 15 is 0 Å². The predicted molar refractivity (Wildman–Crippen MR) is 108 cm³/mol. The summed E-state index contributed by atoms with van der Waals surface area (Å²) in [7, 11) is 1.99. The fraction of sp³-hybridized carbons (Fsp3) is 0.200. The average Bonchev–Trinajstić information content (AvgIpc) is 3.09. The van der Waals surface area contributed by atoms with Crippen molar-refractivity contribution in [2.24, 2.45) is 7.05 Å². The van der Waals surface area contributed by atoms with E-state index in [0.717, 1.165) is 11.4 Å². The zero-order valence-corrected chi connectivity index (χ0v) is 16.3. The Labute approximate surface area is 164 Å². The maximum absolute atomic E-state index is 11.9. The number of anilines is 1. The van der Waals surface area contributed by atoms with Crippen molar-refractivity contribution in [3.8, 4) is 0 Å². The van der Waals surface area contributed by atoms with Crippen LogP contribution in [0, 0.1) is 0 Å². The van der Waals surface area contributed by atoms with Crippen LogP contribution in [0.5, 0.6) is 0 Å². The van der Waals surface area contributed by atoms with Crippen LogP contribution in [0.4, 0.5) is 5.69 Å². The minimum atomic E-state index is -0.123. The molecule has 0 spiro atoms. The van der Waals surface area contributed by atoms with Crippen molar-refractivity contribution in [1.82, 2.24) is 14.4 Å². The standard InChI is InChI=1S/C20H23N5OS/c1-18(26)21-25(20-11-7-4-8-12-20)24(17-23-14-13-22(2)16-23)27-15-19-9-5-3-6-10-19/h3-14,16H,15,17H2,1-2H3/p+1. The molecule has 0 saturated carbocycles. The molecule has 0 fully saturated rings. The van der Waals surface area contributed by atoms with E-state index in [1.54, 1.807) is 17.1 Å². The van der Waals surface area contributed by atoms with Crippen LogP contribution in [0.1, 0.15) is 12.5 Å². The number of para-hydroxylation sites is 1. The largest absolute Gasteiger partial charge is 0.274 e. The highest BCUT2D eigenvalue weighted by Gasteiger charge is 2.21. The Morgan fingerprint density at radius 3 is 2.37 bits per heavy atom. The molecule has 0 saturated heterocycles. The van der Waals surface area contributed by atoms with Gasteiger partial charge in [0.25, 0.3) is 0 Å². The highest BCUT2D eigenvalue weighted by Crippen LogP contribution is 2.24. The first-order valence-electron chi connectivity index (χ1n) is 8.69. The van der Waals surface area contributed by atoms with Gasteiger partial charge in [0.05, 0.1) is 12.7 Å². The number of amides is 1. The summed E-state index contributed by atoms with van der Waals surface area (Å²) in [6.07, 6.45) is 6.01. The molecule has 0 radical (unpaired) electrons. The summed E-state index contributed by atoms with van der Waals surface area (Å²) in [4.78, 5) is 11.9. The van der Waals surface area contributed by atoms with Gasteiger partial charge in [0.1, 0.15) is 12.4 Å². The number of carbonyl (C=O) groups excluding carboxylic acids is 1. The molecule has 140 valence electrons. The average molecular weight is 383 g/mol. The van der Waals surface area contributed by atoms with Crippen LogP contribution in [0.2, 0.25) is 0 Å². The summed E-state index contributed by atoms with van der Waals surface area (Å²) in [6, 6.07) is 20.1. The third-order valence-corrected chi connectivity index (χ3v) is 4.86. The van der Waals surface area contributed by atoms with Crippen molar-refractivity contribution in [2.45, 2.75) is 19.3 Å². The molecular weight excluding hydrogens is 358 g/mol. The number of rotatable bonds is 8. The lowest BCUT2D eigenvalue weighted by molar-refractivity contribution is -0.671. The molecule has 3 aromatic rings. The number of hydrogen-bond acceptors (Lipinski definition) is 4. The minimum Gasteiger partial charge on any atom is -0.274 e. The molecule has 0 aliphatic rings. The fourth-order valence-electron chi connectivity index (χ4n) is 2.58. The highest BCUT2D eigenvalue weighted by molar-refractivity contribution is 7.96. The lowest BCUT2D eigenvalue weighted by Crippen LogP contribution is -2.50. The number of hydrogen-bond donors (Lipinski definition) is 1. The van der Waals surface area contributed by atoms with Crippen LogP contribution in [0.15, 0.2) is 79.4 Å². The molecule has 1 amide bonds. The lowest BCUT2D eigenvalue weighted by Gasteiger charge is -2.33. The van der Waals surface area contributed by atoms with E-state index in [4.69, 9.17) is 0 Å². The Morgan fingerprint density at radius 1 is 1.11 bits per heavy atom. The Balaban J connectivity index is 1.85. The van der Waals surface area contributed by atoms with Crippen molar-refractivity contribution >= 4 is 23.5 Å². The Hall–Kier alpha value is -2.77. The van der Waals surface area contributed by atoms with Gasteiger partial charge in [-0.2, -0.15) is 0 Å². The number of hydrazine groups is 2. The van der Waals surface area contributed by atoms with Crippen LogP contribution < -0.4 is 15.1 Å². The molecule has 0 aliphatic carbocycles. The maximum atomic E-state index is 11.9. The summed E-state index contributed by atoms with van der Waals surface area (Å²) < 4.78 is 6.10. The SMILES string of the molecule is CC(=O)NN(c1ccccc1)N(Cn1cc[n+](C)c1)SCc1ccccc1. The second kappa shape index (κ2) is 9.25. The van der Waals surface area contributed by atoms with Crippen LogP contribution in [0.25, 0.3) is 0 Å². The van der Waals surface area contributed by atoms with Crippen LogP contribution >= 0.6 is 11.9 Å². The van der Waals surface area contributed by atoms with E-state index in [1.165, 1.54) is 12.5 Å². The Bertz CT molecular complexity index is 853. The van der Waals surface area contributed by atoms with E-state index in [1.807, 2.05) is 83.3 Å². The van der Waals surface area contributed by atoms with Gasteiger partial charge < -0.3 is 0 Å². The molecule has 7 heteroatoms. The lowest BCUT2D eigenvalue weighted by atomic mass is 10.2. The molecule has 0 aliphatic heterocycles. The number of aromatic nitrogens is 2. The summed E-state index contributed by atoms with van der Waals surface area (Å²) >= 11 is 1.64. The molecule has 0 unspecified atom stereocenters. The Kier molecular flexibility index (Phi) is 6.51. The maximum Gasteiger partial charge on any atom is 0.244 e. The van der Waals surface area contributed by atoms with Crippen molar-refractivity contribution in [3.63, 3.8) is 0 Å². The van der Waals surface area contributed by atoms with Crippen molar-refractivity contribution in [3.05, 3.63) is 84.9 Å². The number of imidazole rings is 1.